The molecule has 0 radical (unpaired) electrons. The standard InChI is InChI=1S/C16H31NOS2/c1-2-9-16(19-10-6-11-20-16)15(18)14(17)12-13-7-4-3-5-8-13/h13-15,18H,2-12,17H2,1H3/t14-,15?/m0/s1. The van der Waals surface area contributed by atoms with Crippen molar-refractivity contribution in [2.24, 2.45) is 11.7 Å². The molecule has 2 nitrogen and oxygen atoms in total. The van der Waals surface area contributed by atoms with Crippen LogP contribution in [-0.4, -0.2) is 32.8 Å². The molecule has 1 aliphatic heterocycles. The van der Waals surface area contributed by atoms with Gasteiger partial charge < -0.3 is 10.8 Å². The number of aliphatic hydroxyl groups excluding tert-OH is 1. The number of rotatable bonds is 6. The average molecular weight is 318 g/mol. The molecule has 4 heteroatoms. The summed E-state index contributed by atoms with van der Waals surface area (Å²) in [4.78, 5) is 0. The molecule has 0 aromatic carbocycles. The van der Waals surface area contributed by atoms with Gasteiger partial charge in [-0.25, -0.2) is 0 Å². The Morgan fingerprint density at radius 3 is 2.40 bits per heavy atom. The summed E-state index contributed by atoms with van der Waals surface area (Å²) in [5.41, 5.74) is 6.42. The quantitative estimate of drug-likeness (QED) is 0.777. The summed E-state index contributed by atoms with van der Waals surface area (Å²) in [5, 5.41) is 10.9. The van der Waals surface area contributed by atoms with Crippen LogP contribution >= 0.6 is 23.5 Å². The van der Waals surface area contributed by atoms with Crippen molar-refractivity contribution < 1.29 is 5.11 Å². The van der Waals surface area contributed by atoms with E-state index in [-0.39, 0.29) is 16.2 Å². The van der Waals surface area contributed by atoms with Crippen LogP contribution in [0.5, 0.6) is 0 Å². The minimum Gasteiger partial charge on any atom is -0.389 e. The zero-order valence-corrected chi connectivity index (χ0v) is 14.5. The molecular formula is C16H31NOS2. The summed E-state index contributed by atoms with van der Waals surface area (Å²) >= 11 is 3.93. The minimum atomic E-state index is -0.348. The molecule has 1 unspecified atom stereocenters. The fourth-order valence-electron chi connectivity index (χ4n) is 3.66. The largest absolute Gasteiger partial charge is 0.389 e. The van der Waals surface area contributed by atoms with Gasteiger partial charge in [-0.05, 0) is 36.7 Å². The van der Waals surface area contributed by atoms with Crippen LogP contribution in [0, 0.1) is 5.92 Å². The minimum absolute atomic E-state index is 0.0267. The van der Waals surface area contributed by atoms with Gasteiger partial charge in [0.05, 0.1) is 10.2 Å². The maximum atomic E-state index is 10.9. The van der Waals surface area contributed by atoms with Crippen molar-refractivity contribution in [3.05, 3.63) is 0 Å². The van der Waals surface area contributed by atoms with Gasteiger partial charge in [0, 0.05) is 6.04 Å². The van der Waals surface area contributed by atoms with E-state index in [1.165, 1.54) is 50.0 Å². The smallest absolute Gasteiger partial charge is 0.0928 e. The first-order valence-corrected chi connectivity index (χ1v) is 10.4. The van der Waals surface area contributed by atoms with Gasteiger partial charge in [0.1, 0.15) is 0 Å². The van der Waals surface area contributed by atoms with Gasteiger partial charge in [-0.1, -0.05) is 45.4 Å². The topological polar surface area (TPSA) is 46.2 Å². The Hall–Kier alpha value is 0.620. The van der Waals surface area contributed by atoms with Gasteiger partial charge in [-0.15, -0.1) is 23.5 Å². The normalized spacial score (nSPS) is 27.1. The first kappa shape index (κ1) is 17.0. The molecule has 0 spiro atoms. The zero-order chi connectivity index (χ0) is 14.4. The van der Waals surface area contributed by atoms with Crippen LogP contribution in [0.25, 0.3) is 0 Å². The molecule has 2 rings (SSSR count). The number of thioether (sulfide) groups is 2. The van der Waals surface area contributed by atoms with Crippen LogP contribution in [0.3, 0.4) is 0 Å². The predicted molar refractivity (Wildman–Crippen MR) is 92.3 cm³/mol. The summed E-state index contributed by atoms with van der Waals surface area (Å²) in [7, 11) is 0. The van der Waals surface area contributed by atoms with Crippen LogP contribution in [0.4, 0.5) is 0 Å². The third-order valence-corrected chi connectivity index (χ3v) is 8.33. The molecule has 1 aliphatic carbocycles. The Morgan fingerprint density at radius 2 is 1.80 bits per heavy atom. The van der Waals surface area contributed by atoms with E-state index in [2.05, 4.69) is 6.92 Å². The van der Waals surface area contributed by atoms with Crippen LogP contribution in [0.2, 0.25) is 0 Å². The maximum absolute atomic E-state index is 10.9. The lowest BCUT2D eigenvalue weighted by molar-refractivity contribution is 0.111. The van der Waals surface area contributed by atoms with Crippen molar-refractivity contribution in [3.8, 4) is 0 Å². The molecule has 20 heavy (non-hydrogen) atoms. The molecule has 0 amide bonds. The van der Waals surface area contributed by atoms with Gasteiger partial charge in [0.25, 0.3) is 0 Å². The van der Waals surface area contributed by atoms with Crippen molar-refractivity contribution >= 4 is 23.5 Å². The Morgan fingerprint density at radius 1 is 1.15 bits per heavy atom. The van der Waals surface area contributed by atoms with Gasteiger partial charge in [-0.2, -0.15) is 0 Å². The van der Waals surface area contributed by atoms with Crippen molar-refractivity contribution in [3.63, 3.8) is 0 Å². The first-order valence-electron chi connectivity index (χ1n) is 8.39. The van der Waals surface area contributed by atoms with Crippen molar-refractivity contribution in [1.82, 2.24) is 0 Å². The van der Waals surface area contributed by atoms with E-state index in [4.69, 9.17) is 5.73 Å². The zero-order valence-electron chi connectivity index (χ0n) is 12.9. The SMILES string of the molecule is CCCC1(C(O)[C@@H](N)CC2CCCCC2)SCCCS1. The Labute approximate surface area is 133 Å². The molecule has 118 valence electrons. The molecule has 0 aromatic heterocycles. The van der Waals surface area contributed by atoms with Crippen LogP contribution in [0.1, 0.15) is 64.7 Å². The van der Waals surface area contributed by atoms with Gasteiger partial charge in [0.2, 0.25) is 0 Å². The molecule has 1 saturated heterocycles. The van der Waals surface area contributed by atoms with E-state index in [9.17, 15) is 5.11 Å². The van der Waals surface area contributed by atoms with E-state index in [1.54, 1.807) is 0 Å². The Bertz CT molecular complexity index is 270. The van der Waals surface area contributed by atoms with Gasteiger partial charge >= 0.3 is 0 Å². The molecule has 2 atom stereocenters. The second-order valence-corrected chi connectivity index (χ2v) is 9.57. The highest BCUT2D eigenvalue weighted by atomic mass is 32.2. The Kier molecular flexibility index (Phi) is 7.05. The molecule has 1 saturated carbocycles. The average Bonchev–Trinajstić information content (AvgIpc) is 2.48. The fourth-order valence-corrected chi connectivity index (χ4v) is 7.34. The highest BCUT2D eigenvalue weighted by molar-refractivity contribution is 8.18. The number of nitrogens with two attached hydrogens (primary N) is 1. The summed E-state index contributed by atoms with van der Waals surface area (Å²) in [5.74, 6) is 3.12. The van der Waals surface area contributed by atoms with Gasteiger partial charge in [0.15, 0.2) is 0 Å². The lowest BCUT2D eigenvalue weighted by Gasteiger charge is -2.43. The van der Waals surface area contributed by atoms with E-state index in [0.717, 1.165) is 25.2 Å². The molecule has 2 fully saturated rings. The molecule has 3 N–H and O–H groups in total. The van der Waals surface area contributed by atoms with E-state index < -0.39 is 0 Å². The molecule has 1 heterocycles. The third kappa shape index (κ3) is 4.31. The number of hydrogen-bond acceptors (Lipinski definition) is 4. The van der Waals surface area contributed by atoms with Crippen molar-refractivity contribution in [1.29, 1.82) is 0 Å². The summed E-state index contributed by atoms with van der Waals surface area (Å²) < 4.78 is -0.0267. The highest BCUT2D eigenvalue weighted by Crippen LogP contribution is 2.49. The monoisotopic (exact) mass is 317 g/mol. The summed E-state index contributed by atoms with van der Waals surface area (Å²) in [6.45, 7) is 2.22. The predicted octanol–water partition coefficient (Wildman–Crippen LogP) is 4.01. The van der Waals surface area contributed by atoms with Gasteiger partial charge in [-0.3, -0.25) is 0 Å². The van der Waals surface area contributed by atoms with E-state index in [0.29, 0.717) is 0 Å². The lowest BCUT2D eigenvalue weighted by Crippen LogP contribution is -2.50. The molecule has 0 bridgehead atoms. The molecule has 0 aromatic rings. The van der Waals surface area contributed by atoms with Crippen LogP contribution in [0.15, 0.2) is 0 Å². The maximum Gasteiger partial charge on any atom is 0.0928 e. The summed E-state index contributed by atoms with van der Waals surface area (Å²) in [6, 6.07) is -0.0391. The highest BCUT2D eigenvalue weighted by Gasteiger charge is 2.43. The van der Waals surface area contributed by atoms with Crippen LogP contribution < -0.4 is 5.73 Å². The third-order valence-electron chi connectivity index (χ3n) is 4.77. The number of hydrogen-bond donors (Lipinski definition) is 2. The first-order chi connectivity index (χ1) is 9.68. The van der Waals surface area contributed by atoms with Crippen LogP contribution in [-0.2, 0) is 0 Å². The molecular weight excluding hydrogens is 286 g/mol. The second-order valence-electron chi connectivity index (χ2n) is 6.46. The van der Waals surface area contributed by atoms with E-state index >= 15 is 0 Å². The van der Waals surface area contributed by atoms with Crippen molar-refractivity contribution in [2.45, 2.75) is 80.9 Å². The summed E-state index contributed by atoms with van der Waals surface area (Å²) in [6.07, 6.45) is 10.9. The molecule has 2 aliphatic rings. The lowest BCUT2D eigenvalue weighted by atomic mass is 9.83. The second kappa shape index (κ2) is 8.30. The van der Waals surface area contributed by atoms with E-state index in [1.807, 2.05) is 23.5 Å². The number of aliphatic hydroxyl groups is 1. The van der Waals surface area contributed by atoms with Crippen molar-refractivity contribution in [2.75, 3.05) is 11.5 Å². The Balaban J connectivity index is 1.93. The fraction of sp³-hybridized carbons (Fsp3) is 1.00.